The first-order valence-electron chi connectivity index (χ1n) is 7.39. The van der Waals surface area contributed by atoms with E-state index in [1.54, 1.807) is 25.7 Å². The Morgan fingerprint density at radius 2 is 1.87 bits per heavy atom. The number of aromatic nitrogens is 4. The van der Waals surface area contributed by atoms with Gasteiger partial charge >= 0.3 is 0 Å². The van der Waals surface area contributed by atoms with Crippen LogP contribution in [0.2, 0.25) is 0 Å². The third-order valence-electron chi connectivity index (χ3n) is 3.53. The highest BCUT2D eigenvalue weighted by Gasteiger charge is 2.10. The molecule has 3 aromatic heterocycles. The molecule has 0 atom stereocenters. The number of hydrogen-bond acceptors (Lipinski definition) is 5. The van der Waals surface area contributed by atoms with E-state index < -0.39 is 0 Å². The minimum absolute atomic E-state index is 0.653. The van der Waals surface area contributed by atoms with E-state index in [1.807, 2.05) is 42.2 Å². The Hall–Kier alpha value is -2.73. The van der Waals surface area contributed by atoms with Gasteiger partial charge in [-0.25, -0.2) is 4.98 Å². The highest BCUT2D eigenvalue weighted by Crippen LogP contribution is 2.21. The average Bonchev–Trinajstić information content (AvgIpc) is 2.97. The van der Waals surface area contributed by atoms with Gasteiger partial charge in [0.15, 0.2) is 0 Å². The Labute approximate surface area is 135 Å². The van der Waals surface area contributed by atoms with Crippen LogP contribution in [0.3, 0.4) is 0 Å². The van der Waals surface area contributed by atoms with E-state index in [4.69, 9.17) is 4.74 Å². The highest BCUT2D eigenvalue weighted by atomic mass is 16.5. The van der Waals surface area contributed by atoms with Crippen molar-refractivity contribution in [2.45, 2.75) is 13.1 Å². The summed E-state index contributed by atoms with van der Waals surface area (Å²) in [6.07, 6.45) is 7.32. The van der Waals surface area contributed by atoms with E-state index in [1.165, 1.54) is 0 Å². The number of nitrogens with zero attached hydrogens (tertiary/aromatic N) is 4. The summed E-state index contributed by atoms with van der Waals surface area (Å²) in [5, 5.41) is 7.98. The third-order valence-corrected chi connectivity index (χ3v) is 3.53. The van der Waals surface area contributed by atoms with E-state index in [9.17, 15) is 0 Å². The molecule has 0 aliphatic heterocycles. The minimum Gasteiger partial charge on any atom is -0.481 e. The number of nitrogens with one attached hydrogen (secondary N) is 1. The second kappa shape index (κ2) is 7.02. The maximum absolute atomic E-state index is 5.27. The van der Waals surface area contributed by atoms with Gasteiger partial charge in [-0.15, -0.1) is 0 Å². The van der Waals surface area contributed by atoms with Crippen LogP contribution in [0.15, 0.2) is 49.1 Å². The summed E-state index contributed by atoms with van der Waals surface area (Å²) in [4.78, 5) is 8.26. The molecule has 0 amide bonds. The minimum atomic E-state index is 0.653. The number of rotatable bonds is 6. The summed E-state index contributed by atoms with van der Waals surface area (Å²) < 4.78 is 7.10. The summed E-state index contributed by atoms with van der Waals surface area (Å²) in [6.45, 7) is 1.39. The quantitative estimate of drug-likeness (QED) is 0.756. The molecule has 3 aromatic rings. The summed E-state index contributed by atoms with van der Waals surface area (Å²) in [5.74, 6) is 0.653. The Bertz CT molecular complexity index is 770. The van der Waals surface area contributed by atoms with Crippen molar-refractivity contribution < 1.29 is 4.74 Å². The molecule has 3 heterocycles. The van der Waals surface area contributed by atoms with E-state index in [2.05, 4.69) is 20.4 Å². The van der Waals surface area contributed by atoms with Gasteiger partial charge < -0.3 is 10.1 Å². The van der Waals surface area contributed by atoms with Crippen molar-refractivity contribution in [3.63, 3.8) is 0 Å². The third kappa shape index (κ3) is 3.54. The molecule has 0 spiro atoms. The Morgan fingerprint density at radius 3 is 2.65 bits per heavy atom. The van der Waals surface area contributed by atoms with Crippen LogP contribution in [0.25, 0.3) is 11.3 Å². The lowest BCUT2D eigenvalue weighted by molar-refractivity contribution is 0.390. The number of pyridine rings is 2. The zero-order valence-corrected chi connectivity index (χ0v) is 13.2. The van der Waals surface area contributed by atoms with Crippen molar-refractivity contribution in [2.75, 3.05) is 7.11 Å². The van der Waals surface area contributed by atoms with Crippen molar-refractivity contribution in [1.82, 2.24) is 25.1 Å². The molecular weight excluding hydrogens is 290 g/mol. The monoisotopic (exact) mass is 309 g/mol. The lowest BCUT2D eigenvalue weighted by Gasteiger charge is -2.08. The van der Waals surface area contributed by atoms with Crippen molar-refractivity contribution in [3.05, 3.63) is 60.2 Å². The van der Waals surface area contributed by atoms with Crippen molar-refractivity contribution in [3.8, 4) is 17.1 Å². The molecule has 0 saturated carbocycles. The van der Waals surface area contributed by atoms with Crippen LogP contribution in [0.4, 0.5) is 0 Å². The van der Waals surface area contributed by atoms with Crippen LogP contribution < -0.4 is 10.1 Å². The molecule has 1 N–H and O–H groups in total. The van der Waals surface area contributed by atoms with Crippen molar-refractivity contribution in [2.24, 2.45) is 7.05 Å². The van der Waals surface area contributed by atoms with Crippen LogP contribution in [0.5, 0.6) is 5.88 Å². The zero-order chi connectivity index (χ0) is 16.1. The van der Waals surface area contributed by atoms with Gasteiger partial charge in [0.1, 0.15) is 0 Å². The second-order valence-corrected chi connectivity index (χ2v) is 5.19. The molecule has 0 aliphatic carbocycles. The SMILES string of the molecule is COc1ncccc1CNCc1cn(C)nc1-c1ccncc1. The largest absolute Gasteiger partial charge is 0.481 e. The molecule has 118 valence electrons. The van der Waals surface area contributed by atoms with Gasteiger partial charge in [-0.3, -0.25) is 9.67 Å². The van der Waals surface area contributed by atoms with Gasteiger partial charge in [0.05, 0.1) is 12.8 Å². The van der Waals surface area contributed by atoms with Gasteiger partial charge in [0, 0.05) is 61.6 Å². The first kappa shape index (κ1) is 15.2. The fraction of sp³-hybridized carbons (Fsp3) is 0.235. The van der Waals surface area contributed by atoms with Crippen molar-refractivity contribution in [1.29, 1.82) is 0 Å². The van der Waals surface area contributed by atoms with Gasteiger partial charge in [-0.1, -0.05) is 6.07 Å². The van der Waals surface area contributed by atoms with E-state index in [0.717, 1.165) is 22.4 Å². The smallest absolute Gasteiger partial charge is 0.217 e. The van der Waals surface area contributed by atoms with Crippen LogP contribution in [-0.4, -0.2) is 26.9 Å². The van der Waals surface area contributed by atoms with E-state index >= 15 is 0 Å². The predicted octanol–water partition coefficient (Wildman–Crippen LogP) is 2.18. The number of aryl methyl sites for hydroxylation is 1. The highest BCUT2D eigenvalue weighted by molar-refractivity contribution is 5.61. The molecule has 0 bridgehead atoms. The summed E-state index contributed by atoms with van der Waals surface area (Å²) in [5.41, 5.74) is 4.21. The Morgan fingerprint density at radius 1 is 1.09 bits per heavy atom. The fourth-order valence-electron chi connectivity index (χ4n) is 2.49. The van der Waals surface area contributed by atoms with Gasteiger partial charge in [0.25, 0.3) is 0 Å². The lowest BCUT2D eigenvalue weighted by atomic mass is 10.1. The number of methoxy groups -OCH3 is 1. The molecule has 6 heteroatoms. The van der Waals surface area contributed by atoms with Crippen LogP contribution in [-0.2, 0) is 20.1 Å². The molecule has 0 unspecified atom stereocenters. The first-order valence-corrected chi connectivity index (χ1v) is 7.39. The molecule has 0 radical (unpaired) electrons. The van der Waals surface area contributed by atoms with Gasteiger partial charge in [0.2, 0.25) is 5.88 Å². The molecule has 0 aromatic carbocycles. The van der Waals surface area contributed by atoms with Gasteiger partial charge in [-0.2, -0.15) is 5.10 Å². The molecule has 23 heavy (non-hydrogen) atoms. The maximum atomic E-state index is 5.27. The predicted molar refractivity (Wildman–Crippen MR) is 87.8 cm³/mol. The molecule has 3 rings (SSSR count). The Balaban J connectivity index is 1.72. The maximum Gasteiger partial charge on any atom is 0.217 e. The summed E-state index contributed by atoms with van der Waals surface area (Å²) in [6, 6.07) is 7.85. The summed E-state index contributed by atoms with van der Waals surface area (Å²) in [7, 11) is 3.56. The normalized spacial score (nSPS) is 10.7. The zero-order valence-electron chi connectivity index (χ0n) is 13.2. The molecule has 6 nitrogen and oxygen atoms in total. The standard InChI is InChI=1S/C17H19N5O/c1-22-12-15(16(21-22)13-5-8-18-9-6-13)11-19-10-14-4-3-7-20-17(14)23-2/h3-9,12,19H,10-11H2,1-2H3. The fourth-order valence-corrected chi connectivity index (χ4v) is 2.49. The second-order valence-electron chi connectivity index (χ2n) is 5.19. The van der Waals surface area contributed by atoms with E-state index in [0.29, 0.717) is 19.0 Å². The molecule has 0 saturated heterocycles. The lowest BCUT2D eigenvalue weighted by Crippen LogP contribution is -2.14. The van der Waals surface area contributed by atoms with Crippen molar-refractivity contribution >= 4 is 0 Å². The van der Waals surface area contributed by atoms with Crippen LogP contribution in [0, 0.1) is 0 Å². The molecule has 0 fully saturated rings. The first-order chi connectivity index (χ1) is 11.3. The Kier molecular flexibility index (Phi) is 4.63. The topological polar surface area (TPSA) is 64.9 Å². The van der Waals surface area contributed by atoms with E-state index in [-0.39, 0.29) is 0 Å². The number of ether oxygens (including phenoxy) is 1. The molecular formula is C17H19N5O. The average molecular weight is 309 g/mol. The van der Waals surface area contributed by atoms with Crippen LogP contribution in [0.1, 0.15) is 11.1 Å². The molecule has 0 aliphatic rings. The number of hydrogen-bond donors (Lipinski definition) is 1. The van der Waals surface area contributed by atoms with Gasteiger partial charge in [-0.05, 0) is 18.2 Å². The summed E-state index contributed by atoms with van der Waals surface area (Å²) >= 11 is 0. The van der Waals surface area contributed by atoms with Crippen LogP contribution >= 0.6 is 0 Å².